The Hall–Kier alpha value is -2.22. The van der Waals surface area contributed by atoms with E-state index in [4.69, 9.17) is 15.2 Å². The third-order valence-corrected chi connectivity index (χ3v) is 5.94. The van der Waals surface area contributed by atoms with Crippen LogP contribution < -0.4 is 11.1 Å². The summed E-state index contributed by atoms with van der Waals surface area (Å²) in [6.45, 7) is 16.6. The zero-order valence-corrected chi connectivity index (χ0v) is 22.4. The largest absolute Gasteiger partial charge is 0.460 e. The summed E-state index contributed by atoms with van der Waals surface area (Å²) in [6.07, 6.45) is 0.743. The van der Waals surface area contributed by atoms with E-state index in [9.17, 15) is 14.7 Å². The highest BCUT2D eigenvalue weighted by molar-refractivity contribution is 5.94. The van der Waals surface area contributed by atoms with Gasteiger partial charge in [0.25, 0.3) is 0 Å². The fourth-order valence-electron chi connectivity index (χ4n) is 3.61. The van der Waals surface area contributed by atoms with Crippen molar-refractivity contribution in [2.75, 3.05) is 13.2 Å². The van der Waals surface area contributed by atoms with Gasteiger partial charge in [0.15, 0.2) is 0 Å². The lowest BCUT2D eigenvalue weighted by molar-refractivity contribution is -0.166. The van der Waals surface area contributed by atoms with Crippen LogP contribution in [0, 0.1) is 17.8 Å². The van der Waals surface area contributed by atoms with Crippen molar-refractivity contribution in [1.82, 2.24) is 5.32 Å². The summed E-state index contributed by atoms with van der Waals surface area (Å²) in [5.74, 6) is -1.76. The molecule has 198 valence electrons. The fourth-order valence-corrected chi connectivity index (χ4v) is 3.61. The van der Waals surface area contributed by atoms with Crippen molar-refractivity contribution in [3.8, 4) is 0 Å². The smallest absolute Gasteiger partial charge is 0.312 e. The standard InChI is InChI=1S/C28H46N2O5/c1-8-9-15-30-26(32)20(4)24(29)25(31)23(27(33)35-28(5,6)7)16-22(19(2)3)18-34-17-21-13-11-10-12-14-21/h10-14,19,22-25,31H,4,8-9,15-18,29H2,1-3,5-7H3,(H,30,32)/t22-,23-,24?,25+/m0/s1. The molecule has 0 spiro atoms. The molecule has 0 bridgehead atoms. The van der Waals surface area contributed by atoms with Crippen LogP contribution in [0.5, 0.6) is 0 Å². The molecule has 1 amide bonds. The average Bonchev–Trinajstić information content (AvgIpc) is 2.79. The molecule has 0 aromatic heterocycles. The number of benzene rings is 1. The Labute approximate surface area is 211 Å². The number of amides is 1. The van der Waals surface area contributed by atoms with Crippen LogP contribution in [0.25, 0.3) is 0 Å². The van der Waals surface area contributed by atoms with Gasteiger partial charge < -0.3 is 25.6 Å². The number of aliphatic hydroxyl groups is 1. The summed E-state index contributed by atoms with van der Waals surface area (Å²) in [5.41, 5.74) is 6.62. The van der Waals surface area contributed by atoms with Crippen LogP contribution in [0.15, 0.2) is 42.5 Å². The molecule has 0 fully saturated rings. The van der Waals surface area contributed by atoms with E-state index in [1.807, 2.05) is 37.3 Å². The van der Waals surface area contributed by atoms with Crippen LogP contribution >= 0.6 is 0 Å². The van der Waals surface area contributed by atoms with Gasteiger partial charge in [-0.2, -0.15) is 0 Å². The zero-order valence-electron chi connectivity index (χ0n) is 22.4. The van der Waals surface area contributed by atoms with E-state index in [0.29, 0.717) is 26.2 Å². The number of nitrogens with one attached hydrogen (secondary N) is 1. The van der Waals surface area contributed by atoms with Crippen molar-refractivity contribution in [3.05, 3.63) is 48.0 Å². The van der Waals surface area contributed by atoms with Crippen LogP contribution in [-0.2, 0) is 25.7 Å². The van der Waals surface area contributed by atoms with Crippen LogP contribution in [0.3, 0.4) is 0 Å². The molecule has 1 aromatic rings. The average molecular weight is 491 g/mol. The first-order chi connectivity index (χ1) is 16.4. The van der Waals surface area contributed by atoms with E-state index < -0.39 is 35.5 Å². The molecule has 0 saturated heterocycles. The first kappa shape index (κ1) is 30.8. The van der Waals surface area contributed by atoms with Gasteiger partial charge in [-0.3, -0.25) is 9.59 Å². The first-order valence-corrected chi connectivity index (χ1v) is 12.6. The number of carbonyl (C=O) groups is 2. The Kier molecular flexibility index (Phi) is 13.2. The van der Waals surface area contributed by atoms with Gasteiger partial charge in [0, 0.05) is 12.1 Å². The van der Waals surface area contributed by atoms with Crippen molar-refractivity contribution in [3.63, 3.8) is 0 Å². The van der Waals surface area contributed by atoms with Crippen molar-refractivity contribution in [2.24, 2.45) is 23.5 Å². The second-order valence-corrected chi connectivity index (χ2v) is 10.5. The molecular formula is C28H46N2O5. The zero-order chi connectivity index (χ0) is 26.6. The maximum Gasteiger partial charge on any atom is 0.312 e. The summed E-state index contributed by atoms with van der Waals surface area (Å²) in [5, 5.41) is 13.9. The number of hydrogen-bond donors (Lipinski definition) is 3. The molecule has 1 unspecified atom stereocenters. The predicted octanol–water partition coefficient (Wildman–Crippen LogP) is 3.98. The molecule has 7 heteroatoms. The minimum absolute atomic E-state index is 0.0373. The number of unbranched alkanes of at least 4 members (excludes halogenated alkanes) is 1. The summed E-state index contributed by atoms with van der Waals surface area (Å²) >= 11 is 0. The molecule has 35 heavy (non-hydrogen) atoms. The molecule has 4 atom stereocenters. The van der Waals surface area contributed by atoms with Gasteiger partial charge >= 0.3 is 5.97 Å². The Balaban J connectivity index is 2.98. The van der Waals surface area contributed by atoms with Gasteiger partial charge in [-0.25, -0.2) is 0 Å². The normalized spacial score (nSPS) is 15.2. The molecule has 0 saturated carbocycles. The second-order valence-electron chi connectivity index (χ2n) is 10.5. The molecular weight excluding hydrogens is 444 g/mol. The number of nitrogens with two attached hydrogens (primary N) is 1. The van der Waals surface area contributed by atoms with Crippen molar-refractivity contribution >= 4 is 11.9 Å². The van der Waals surface area contributed by atoms with Gasteiger partial charge in [-0.15, -0.1) is 0 Å². The van der Waals surface area contributed by atoms with Gasteiger partial charge in [0.1, 0.15) is 5.60 Å². The van der Waals surface area contributed by atoms with Crippen molar-refractivity contribution < 1.29 is 24.2 Å². The van der Waals surface area contributed by atoms with Crippen molar-refractivity contribution in [1.29, 1.82) is 0 Å². The SMILES string of the molecule is C=C(C(=O)NCCCC)C(N)[C@H](O)[C@H](C[C@@H](COCc1ccccc1)C(C)C)C(=O)OC(C)(C)C. The van der Waals surface area contributed by atoms with E-state index >= 15 is 0 Å². The number of rotatable bonds is 15. The maximum atomic E-state index is 13.2. The summed E-state index contributed by atoms with van der Waals surface area (Å²) in [6, 6.07) is 8.75. The van der Waals surface area contributed by atoms with E-state index in [1.165, 1.54) is 0 Å². The lowest BCUT2D eigenvalue weighted by Gasteiger charge is -2.33. The molecule has 7 nitrogen and oxygen atoms in total. The van der Waals surface area contributed by atoms with Gasteiger partial charge in [0.05, 0.1) is 31.3 Å². The topological polar surface area (TPSA) is 111 Å². The number of hydrogen-bond acceptors (Lipinski definition) is 6. The van der Waals surface area contributed by atoms with Crippen molar-refractivity contribution in [2.45, 2.75) is 85.2 Å². The molecule has 0 radical (unpaired) electrons. The number of aliphatic hydroxyl groups excluding tert-OH is 1. The molecule has 0 aliphatic heterocycles. The Morgan fingerprint density at radius 1 is 1.17 bits per heavy atom. The minimum Gasteiger partial charge on any atom is -0.460 e. The van der Waals surface area contributed by atoms with Crippen LogP contribution in [-0.4, -0.2) is 47.9 Å². The van der Waals surface area contributed by atoms with E-state index in [0.717, 1.165) is 18.4 Å². The van der Waals surface area contributed by atoms with E-state index in [-0.39, 0.29) is 17.4 Å². The summed E-state index contributed by atoms with van der Waals surface area (Å²) < 4.78 is 11.6. The highest BCUT2D eigenvalue weighted by Crippen LogP contribution is 2.28. The summed E-state index contributed by atoms with van der Waals surface area (Å²) in [4.78, 5) is 25.6. The highest BCUT2D eigenvalue weighted by Gasteiger charge is 2.38. The molecule has 4 N–H and O–H groups in total. The molecule has 0 aliphatic carbocycles. The Bertz CT molecular complexity index is 788. The molecule has 1 rings (SSSR count). The predicted molar refractivity (Wildman–Crippen MR) is 139 cm³/mol. The quantitative estimate of drug-likeness (QED) is 0.195. The Morgan fingerprint density at radius 2 is 1.80 bits per heavy atom. The van der Waals surface area contributed by atoms with E-state index in [1.54, 1.807) is 20.8 Å². The van der Waals surface area contributed by atoms with Crippen LogP contribution in [0.1, 0.15) is 66.4 Å². The van der Waals surface area contributed by atoms with Gasteiger partial charge in [-0.1, -0.05) is 64.1 Å². The first-order valence-electron chi connectivity index (χ1n) is 12.6. The number of carbonyl (C=O) groups excluding carboxylic acids is 2. The van der Waals surface area contributed by atoms with Crippen LogP contribution in [0.4, 0.5) is 0 Å². The third-order valence-electron chi connectivity index (χ3n) is 5.94. The van der Waals surface area contributed by atoms with Crippen LogP contribution in [0.2, 0.25) is 0 Å². The highest BCUT2D eigenvalue weighted by atomic mass is 16.6. The lowest BCUT2D eigenvalue weighted by Crippen LogP contribution is -2.49. The molecule has 0 heterocycles. The second kappa shape index (κ2) is 15.0. The van der Waals surface area contributed by atoms with E-state index in [2.05, 4.69) is 25.7 Å². The minimum atomic E-state index is -1.33. The molecule has 0 aliphatic rings. The maximum absolute atomic E-state index is 13.2. The third kappa shape index (κ3) is 11.4. The summed E-state index contributed by atoms with van der Waals surface area (Å²) in [7, 11) is 0. The fraction of sp³-hybridized carbons (Fsp3) is 0.643. The monoisotopic (exact) mass is 490 g/mol. The Morgan fingerprint density at radius 3 is 2.34 bits per heavy atom. The molecule has 1 aromatic carbocycles. The lowest BCUT2D eigenvalue weighted by atomic mass is 9.81. The van der Waals surface area contributed by atoms with Gasteiger partial charge in [0.2, 0.25) is 5.91 Å². The van der Waals surface area contributed by atoms with Gasteiger partial charge in [-0.05, 0) is 51.0 Å². The number of ether oxygens (including phenoxy) is 2. The number of esters is 1.